The van der Waals surface area contributed by atoms with E-state index >= 15 is 0 Å². The highest BCUT2D eigenvalue weighted by atomic mass is 32.2. The number of esters is 1. The third-order valence-corrected chi connectivity index (χ3v) is 4.72. The number of aryl methyl sites for hydroxylation is 1. The number of aromatic nitrogens is 1. The SMILES string of the molecule is CCOC(=O)C(CC)Sc1nc(C)c(C(=O)O)s1. The first kappa shape index (κ1) is 15.0. The zero-order valence-corrected chi connectivity index (χ0v) is 12.1. The molecule has 1 rings (SSSR count). The summed E-state index contributed by atoms with van der Waals surface area (Å²) in [5.74, 6) is -1.27. The Morgan fingerprint density at radius 1 is 1.50 bits per heavy atom. The van der Waals surface area contributed by atoms with Crippen molar-refractivity contribution < 1.29 is 19.4 Å². The molecule has 7 heteroatoms. The Morgan fingerprint density at radius 2 is 2.17 bits per heavy atom. The average Bonchev–Trinajstić information content (AvgIpc) is 2.67. The lowest BCUT2D eigenvalue weighted by Gasteiger charge is -2.10. The van der Waals surface area contributed by atoms with E-state index in [1.165, 1.54) is 11.8 Å². The fourth-order valence-electron chi connectivity index (χ4n) is 1.28. The van der Waals surface area contributed by atoms with Gasteiger partial charge in [0.25, 0.3) is 0 Å². The molecule has 5 nitrogen and oxygen atoms in total. The molecule has 1 unspecified atom stereocenters. The van der Waals surface area contributed by atoms with E-state index < -0.39 is 5.97 Å². The first-order chi connectivity index (χ1) is 8.49. The Hall–Kier alpha value is -1.08. The lowest BCUT2D eigenvalue weighted by atomic mass is 10.3. The van der Waals surface area contributed by atoms with Gasteiger partial charge in [0.2, 0.25) is 0 Å². The summed E-state index contributed by atoms with van der Waals surface area (Å²) in [6.07, 6.45) is 0.616. The molecule has 0 amide bonds. The fourth-order valence-corrected chi connectivity index (χ4v) is 3.47. The molecule has 0 aliphatic heterocycles. The number of carboxylic acid groups (broad SMARTS) is 1. The lowest BCUT2D eigenvalue weighted by molar-refractivity contribution is -0.142. The van der Waals surface area contributed by atoms with Crippen LogP contribution in [0.2, 0.25) is 0 Å². The smallest absolute Gasteiger partial charge is 0.347 e. The van der Waals surface area contributed by atoms with Gasteiger partial charge in [-0.2, -0.15) is 0 Å². The zero-order chi connectivity index (χ0) is 13.7. The van der Waals surface area contributed by atoms with Gasteiger partial charge in [0.05, 0.1) is 12.3 Å². The molecular weight excluding hydrogens is 274 g/mol. The van der Waals surface area contributed by atoms with Crippen molar-refractivity contribution in [3.63, 3.8) is 0 Å². The Labute approximate surface area is 114 Å². The van der Waals surface area contributed by atoms with E-state index in [2.05, 4.69) is 4.98 Å². The van der Waals surface area contributed by atoms with Gasteiger partial charge in [-0.25, -0.2) is 9.78 Å². The van der Waals surface area contributed by atoms with Gasteiger partial charge in [0.1, 0.15) is 10.1 Å². The van der Waals surface area contributed by atoms with Crippen LogP contribution in [-0.2, 0) is 9.53 Å². The number of carbonyl (C=O) groups is 2. The number of nitrogens with zero attached hydrogens (tertiary/aromatic N) is 1. The molecular formula is C11H15NO4S2. The van der Waals surface area contributed by atoms with Crippen LogP contribution in [-0.4, -0.2) is 33.9 Å². The van der Waals surface area contributed by atoms with Crippen LogP contribution >= 0.6 is 23.1 Å². The van der Waals surface area contributed by atoms with Crippen molar-refractivity contribution in [2.24, 2.45) is 0 Å². The molecule has 0 bridgehead atoms. The maximum Gasteiger partial charge on any atom is 0.347 e. The van der Waals surface area contributed by atoms with Crippen LogP contribution in [0, 0.1) is 6.92 Å². The monoisotopic (exact) mass is 289 g/mol. The maximum atomic E-state index is 11.6. The van der Waals surface area contributed by atoms with E-state index in [-0.39, 0.29) is 16.1 Å². The standard InChI is InChI=1S/C11H15NO4S2/c1-4-7(10(15)16-5-2)17-11-12-6(3)8(18-11)9(13)14/h7H,4-5H2,1-3H3,(H,13,14). The highest BCUT2D eigenvalue weighted by Gasteiger charge is 2.22. The second-order valence-electron chi connectivity index (χ2n) is 3.47. The van der Waals surface area contributed by atoms with Gasteiger partial charge in [-0.3, -0.25) is 4.79 Å². The summed E-state index contributed by atoms with van der Waals surface area (Å²) in [5.41, 5.74) is 0.480. The van der Waals surface area contributed by atoms with E-state index in [9.17, 15) is 9.59 Å². The van der Waals surface area contributed by atoms with E-state index in [1.54, 1.807) is 13.8 Å². The summed E-state index contributed by atoms with van der Waals surface area (Å²) in [4.78, 5) is 26.9. The fraction of sp³-hybridized carbons (Fsp3) is 0.545. The molecule has 0 saturated heterocycles. The number of thioether (sulfide) groups is 1. The summed E-state index contributed by atoms with van der Waals surface area (Å²) in [5, 5.41) is 8.60. The van der Waals surface area contributed by atoms with Gasteiger partial charge in [-0.05, 0) is 20.3 Å². The van der Waals surface area contributed by atoms with Crippen molar-refractivity contribution in [1.29, 1.82) is 0 Å². The molecule has 18 heavy (non-hydrogen) atoms. The van der Waals surface area contributed by atoms with Gasteiger partial charge in [-0.1, -0.05) is 18.7 Å². The molecule has 0 radical (unpaired) electrons. The van der Waals surface area contributed by atoms with Crippen LogP contribution < -0.4 is 0 Å². The topological polar surface area (TPSA) is 76.5 Å². The molecule has 1 N–H and O–H groups in total. The van der Waals surface area contributed by atoms with Crippen molar-refractivity contribution in [3.8, 4) is 0 Å². The van der Waals surface area contributed by atoms with Crippen LogP contribution in [0.15, 0.2) is 4.34 Å². The highest BCUT2D eigenvalue weighted by Crippen LogP contribution is 2.32. The van der Waals surface area contributed by atoms with E-state index in [0.29, 0.717) is 23.1 Å². The van der Waals surface area contributed by atoms with E-state index in [1.807, 2.05) is 6.92 Å². The molecule has 100 valence electrons. The minimum atomic E-state index is -0.985. The summed E-state index contributed by atoms with van der Waals surface area (Å²) in [7, 11) is 0. The predicted octanol–water partition coefficient (Wildman–Crippen LogP) is 2.58. The van der Waals surface area contributed by atoms with Crippen molar-refractivity contribution in [1.82, 2.24) is 4.98 Å². The summed E-state index contributed by atoms with van der Waals surface area (Å²) in [6, 6.07) is 0. The Balaban J connectivity index is 2.79. The second kappa shape index (κ2) is 6.75. The Bertz CT molecular complexity index is 444. The number of hydrogen-bond donors (Lipinski definition) is 1. The van der Waals surface area contributed by atoms with Crippen LogP contribution in [0.1, 0.15) is 35.6 Å². The molecule has 0 aromatic carbocycles. The molecule has 0 aliphatic rings. The highest BCUT2D eigenvalue weighted by molar-refractivity contribution is 8.02. The number of carboxylic acids is 1. The minimum Gasteiger partial charge on any atom is -0.477 e. The number of thiazole rings is 1. The first-order valence-electron chi connectivity index (χ1n) is 5.53. The summed E-state index contributed by atoms with van der Waals surface area (Å²) >= 11 is 2.35. The molecule has 0 aliphatic carbocycles. The van der Waals surface area contributed by atoms with Gasteiger partial charge < -0.3 is 9.84 Å². The van der Waals surface area contributed by atoms with Crippen molar-refractivity contribution >= 4 is 35.0 Å². The molecule has 0 spiro atoms. The summed E-state index contributed by atoms with van der Waals surface area (Å²) < 4.78 is 5.54. The quantitative estimate of drug-likeness (QED) is 0.640. The van der Waals surface area contributed by atoms with Crippen molar-refractivity contribution in [2.75, 3.05) is 6.61 Å². The first-order valence-corrected chi connectivity index (χ1v) is 7.23. The molecule has 1 heterocycles. The van der Waals surface area contributed by atoms with Gasteiger partial charge in [-0.15, -0.1) is 11.3 Å². The van der Waals surface area contributed by atoms with Crippen molar-refractivity contribution in [2.45, 2.75) is 36.8 Å². The molecule has 1 atom stereocenters. The number of hydrogen-bond acceptors (Lipinski definition) is 6. The number of rotatable bonds is 6. The van der Waals surface area contributed by atoms with E-state index in [0.717, 1.165) is 11.3 Å². The number of aromatic carboxylic acids is 1. The van der Waals surface area contributed by atoms with Crippen LogP contribution in [0.4, 0.5) is 0 Å². The van der Waals surface area contributed by atoms with Gasteiger partial charge >= 0.3 is 11.9 Å². The molecule has 0 saturated carbocycles. The molecule has 0 fully saturated rings. The molecule has 1 aromatic rings. The Kier molecular flexibility index (Phi) is 5.61. The molecule has 1 aromatic heterocycles. The van der Waals surface area contributed by atoms with Gasteiger partial charge in [0, 0.05) is 0 Å². The van der Waals surface area contributed by atoms with Gasteiger partial charge in [0.15, 0.2) is 4.34 Å². The normalized spacial score (nSPS) is 12.2. The lowest BCUT2D eigenvalue weighted by Crippen LogP contribution is -2.19. The third-order valence-electron chi connectivity index (χ3n) is 2.13. The average molecular weight is 289 g/mol. The van der Waals surface area contributed by atoms with Crippen LogP contribution in [0.25, 0.3) is 0 Å². The predicted molar refractivity (Wildman–Crippen MR) is 70.4 cm³/mol. The Morgan fingerprint density at radius 3 is 2.61 bits per heavy atom. The van der Waals surface area contributed by atoms with Crippen LogP contribution in [0.3, 0.4) is 0 Å². The van der Waals surface area contributed by atoms with E-state index in [4.69, 9.17) is 9.84 Å². The number of carbonyl (C=O) groups excluding carboxylic acids is 1. The zero-order valence-electron chi connectivity index (χ0n) is 10.4. The summed E-state index contributed by atoms with van der Waals surface area (Å²) in [6.45, 7) is 5.63. The maximum absolute atomic E-state index is 11.6. The van der Waals surface area contributed by atoms with Crippen LogP contribution in [0.5, 0.6) is 0 Å². The largest absolute Gasteiger partial charge is 0.477 e. The second-order valence-corrected chi connectivity index (χ2v) is 5.92. The minimum absolute atomic E-state index is 0.219. The van der Waals surface area contributed by atoms with Crippen molar-refractivity contribution in [3.05, 3.63) is 10.6 Å². The third kappa shape index (κ3) is 3.71. The number of ether oxygens (including phenoxy) is 1.